The molecule has 3 rings (SSSR count). The van der Waals surface area contributed by atoms with Gasteiger partial charge >= 0.3 is 11.9 Å². The number of carboxylic acid groups (broad SMARTS) is 1. The Hall–Kier alpha value is -2.01. The van der Waals surface area contributed by atoms with Crippen LogP contribution < -0.4 is 5.32 Å². The van der Waals surface area contributed by atoms with Crippen molar-refractivity contribution in [2.45, 2.75) is 25.3 Å². The molecule has 0 amide bonds. The van der Waals surface area contributed by atoms with Crippen LogP contribution in [0.25, 0.3) is 0 Å². The molecule has 22 heavy (non-hydrogen) atoms. The standard InChI is InChI=1S/C16H16ClNO4/c1-2-22-16(21)13-9-5-3-4-8(9)12-10(15(19)20)6-7-11(17)14(12)18-13/h3-4,6-9,13,18H,2,5H2,1H3,(H,19,20)/t8-,9+,13-/m1/s1. The Kier molecular flexibility index (Phi) is 3.83. The Balaban J connectivity index is 2.11. The molecular formula is C16H16ClNO4. The van der Waals surface area contributed by atoms with Gasteiger partial charge in [0.2, 0.25) is 0 Å². The Morgan fingerprint density at radius 3 is 2.91 bits per heavy atom. The van der Waals surface area contributed by atoms with Crippen LogP contribution in [-0.2, 0) is 9.53 Å². The zero-order valence-corrected chi connectivity index (χ0v) is 12.8. The number of hydrogen-bond donors (Lipinski definition) is 2. The summed E-state index contributed by atoms with van der Waals surface area (Å²) in [5, 5.41) is 12.9. The molecule has 3 atom stereocenters. The molecule has 1 aliphatic carbocycles. The largest absolute Gasteiger partial charge is 0.478 e. The predicted molar refractivity (Wildman–Crippen MR) is 82.4 cm³/mol. The van der Waals surface area contributed by atoms with E-state index in [-0.39, 0.29) is 23.4 Å². The Morgan fingerprint density at radius 1 is 1.45 bits per heavy atom. The number of ether oxygens (including phenoxy) is 1. The van der Waals surface area contributed by atoms with E-state index in [2.05, 4.69) is 5.32 Å². The van der Waals surface area contributed by atoms with Gasteiger partial charge in [-0.05, 0) is 31.0 Å². The third kappa shape index (κ3) is 2.25. The first-order valence-electron chi connectivity index (χ1n) is 7.20. The second-order valence-electron chi connectivity index (χ2n) is 5.42. The van der Waals surface area contributed by atoms with Gasteiger partial charge in [-0.25, -0.2) is 9.59 Å². The van der Waals surface area contributed by atoms with Crippen molar-refractivity contribution in [3.63, 3.8) is 0 Å². The lowest BCUT2D eigenvalue weighted by molar-refractivity contribution is -0.145. The van der Waals surface area contributed by atoms with E-state index in [4.69, 9.17) is 16.3 Å². The van der Waals surface area contributed by atoms with Gasteiger partial charge in [-0.2, -0.15) is 0 Å². The predicted octanol–water partition coefficient (Wildman–Crippen LogP) is 3.06. The minimum Gasteiger partial charge on any atom is -0.478 e. The summed E-state index contributed by atoms with van der Waals surface area (Å²) in [5.74, 6) is -1.52. The number of halogens is 1. The number of hydrogen-bond acceptors (Lipinski definition) is 4. The van der Waals surface area contributed by atoms with Crippen molar-refractivity contribution < 1.29 is 19.4 Å². The van der Waals surface area contributed by atoms with Gasteiger partial charge in [-0.1, -0.05) is 23.8 Å². The first-order valence-corrected chi connectivity index (χ1v) is 7.58. The number of carboxylic acids is 1. The molecule has 0 aromatic heterocycles. The van der Waals surface area contributed by atoms with E-state index < -0.39 is 12.0 Å². The fourth-order valence-electron chi connectivity index (χ4n) is 3.33. The number of benzene rings is 1. The van der Waals surface area contributed by atoms with Gasteiger partial charge in [0.05, 0.1) is 22.9 Å². The van der Waals surface area contributed by atoms with Crippen molar-refractivity contribution in [2.75, 3.05) is 11.9 Å². The molecule has 2 N–H and O–H groups in total. The second-order valence-corrected chi connectivity index (χ2v) is 5.82. The average Bonchev–Trinajstić information content (AvgIpc) is 2.96. The molecule has 116 valence electrons. The van der Waals surface area contributed by atoms with Crippen LogP contribution in [0.3, 0.4) is 0 Å². The quantitative estimate of drug-likeness (QED) is 0.661. The van der Waals surface area contributed by atoms with E-state index in [0.717, 1.165) is 0 Å². The van der Waals surface area contributed by atoms with Crippen LogP contribution in [0.15, 0.2) is 24.3 Å². The summed E-state index contributed by atoms with van der Waals surface area (Å²) in [6.07, 6.45) is 4.64. The molecule has 2 aliphatic rings. The lowest BCUT2D eigenvalue weighted by atomic mass is 9.77. The fourth-order valence-corrected chi connectivity index (χ4v) is 3.55. The van der Waals surface area contributed by atoms with E-state index in [9.17, 15) is 14.7 Å². The Morgan fingerprint density at radius 2 is 2.23 bits per heavy atom. The van der Waals surface area contributed by atoms with E-state index in [1.54, 1.807) is 6.92 Å². The van der Waals surface area contributed by atoms with Crippen molar-refractivity contribution in [1.82, 2.24) is 0 Å². The molecule has 0 saturated carbocycles. The summed E-state index contributed by atoms with van der Waals surface area (Å²) < 4.78 is 5.13. The summed E-state index contributed by atoms with van der Waals surface area (Å²) in [7, 11) is 0. The highest BCUT2D eigenvalue weighted by molar-refractivity contribution is 6.33. The molecule has 1 heterocycles. The number of aromatic carboxylic acids is 1. The molecule has 0 bridgehead atoms. The summed E-state index contributed by atoms with van der Waals surface area (Å²) in [6.45, 7) is 2.06. The van der Waals surface area contributed by atoms with Gasteiger partial charge < -0.3 is 15.2 Å². The van der Waals surface area contributed by atoms with Crippen molar-refractivity contribution in [1.29, 1.82) is 0 Å². The Bertz CT molecular complexity index is 670. The van der Waals surface area contributed by atoms with Crippen molar-refractivity contribution in [3.05, 3.63) is 40.4 Å². The minimum absolute atomic E-state index is 0.0527. The molecule has 1 aliphatic heterocycles. The molecule has 5 nitrogen and oxygen atoms in total. The topological polar surface area (TPSA) is 75.6 Å². The monoisotopic (exact) mass is 321 g/mol. The number of rotatable bonds is 3. The molecular weight excluding hydrogens is 306 g/mol. The molecule has 6 heteroatoms. The van der Waals surface area contributed by atoms with Crippen molar-refractivity contribution in [3.8, 4) is 0 Å². The zero-order chi connectivity index (χ0) is 15.9. The van der Waals surface area contributed by atoms with Gasteiger partial charge in [-0.15, -0.1) is 0 Å². The Labute approximate surface area is 132 Å². The molecule has 0 unspecified atom stereocenters. The van der Waals surface area contributed by atoms with Gasteiger partial charge in [0.15, 0.2) is 0 Å². The van der Waals surface area contributed by atoms with Crippen LogP contribution in [-0.4, -0.2) is 29.7 Å². The van der Waals surface area contributed by atoms with Crippen LogP contribution in [0.5, 0.6) is 0 Å². The fraction of sp³-hybridized carbons (Fsp3) is 0.375. The SMILES string of the molecule is CCOC(=O)[C@@H]1Nc2c(Cl)ccc(C(=O)O)c2[C@@H]2C=CC[C@H]12. The third-order valence-electron chi connectivity index (χ3n) is 4.24. The maximum Gasteiger partial charge on any atom is 0.336 e. The maximum absolute atomic E-state index is 12.2. The number of esters is 1. The normalized spacial score (nSPS) is 25.1. The highest BCUT2D eigenvalue weighted by Gasteiger charge is 2.43. The van der Waals surface area contributed by atoms with Crippen LogP contribution in [0.4, 0.5) is 5.69 Å². The van der Waals surface area contributed by atoms with Gasteiger partial charge in [0.25, 0.3) is 0 Å². The van der Waals surface area contributed by atoms with Crippen LogP contribution in [0.1, 0.15) is 35.2 Å². The minimum atomic E-state index is -0.997. The average molecular weight is 322 g/mol. The maximum atomic E-state index is 12.2. The molecule has 0 spiro atoms. The molecule has 1 aromatic rings. The van der Waals surface area contributed by atoms with Crippen molar-refractivity contribution >= 4 is 29.2 Å². The molecule has 1 aromatic carbocycles. The summed E-state index contributed by atoms with van der Waals surface area (Å²) >= 11 is 6.22. The summed E-state index contributed by atoms with van der Waals surface area (Å²) in [6, 6.07) is 2.53. The number of nitrogens with one attached hydrogen (secondary N) is 1. The van der Waals surface area contributed by atoms with Crippen molar-refractivity contribution in [2.24, 2.45) is 5.92 Å². The first kappa shape index (κ1) is 14.9. The van der Waals surface area contributed by atoms with Gasteiger partial charge in [-0.3, -0.25) is 0 Å². The van der Waals surface area contributed by atoms with E-state index in [1.165, 1.54) is 12.1 Å². The first-order chi connectivity index (χ1) is 10.5. The van der Waals surface area contributed by atoms with Crippen LogP contribution >= 0.6 is 11.6 Å². The number of fused-ring (bicyclic) bond motifs is 3. The number of allylic oxidation sites excluding steroid dienone is 2. The summed E-state index contributed by atoms with van der Waals surface area (Å²) in [4.78, 5) is 23.7. The van der Waals surface area contributed by atoms with E-state index in [0.29, 0.717) is 29.3 Å². The molecule has 0 fully saturated rings. The van der Waals surface area contributed by atoms with Crippen LogP contribution in [0, 0.1) is 5.92 Å². The second kappa shape index (κ2) is 5.65. The lowest BCUT2D eigenvalue weighted by Gasteiger charge is -2.36. The van der Waals surface area contributed by atoms with Gasteiger partial charge in [0.1, 0.15) is 6.04 Å². The van der Waals surface area contributed by atoms with Crippen LogP contribution in [0.2, 0.25) is 5.02 Å². The van der Waals surface area contributed by atoms with Gasteiger partial charge in [0, 0.05) is 11.8 Å². The smallest absolute Gasteiger partial charge is 0.336 e. The molecule has 0 radical (unpaired) electrons. The highest BCUT2D eigenvalue weighted by Crippen LogP contribution is 2.48. The lowest BCUT2D eigenvalue weighted by Crippen LogP contribution is -2.43. The van der Waals surface area contributed by atoms with E-state index >= 15 is 0 Å². The van der Waals surface area contributed by atoms with E-state index in [1.807, 2.05) is 12.2 Å². The molecule has 0 saturated heterocycles. The number of anilines is 1. The third-order valence-corrected chi connectivity index (χ3v) is 4.55. The highest BCUT2D eigenvalue weighted by atomic mass is 35.5. The summed E-state index contributed by atoms with van der Waals surface area (Å²) in [5.41, 5.74) is 1.39. The number of carbonyl (C=O) groups excluding carboxylic acids is 1. The number of carbonyl (C=O) groups is 2. The zero-order valence-electron chi connectivity index (χ0n) is 12.0.